The van der Waals surface area contributed by atoms with Crippen molar-refractivity contribution < 1.29 is 20.4 Å². The molecule has 0 unspecified atom stereocenters. The van der Waals surface area contributed by atoms with E-state index in [2.05, 4.69) is 34.1 Å². The third-order valence-corrected chi connectivity index (χ3v) is 5.46. The molecule has 2 aliphatic heterocycles. The SMILES string of the molecule is O[C@@H]1C[C@@H](O)CN(Cc2ccccc2)C1.O[C@H]1C[C@H](O)CN(Cc2ccccc2)C1. The number of aliphatic hydroxyl groups is 4. The van der Waals surface area contributed by atoms with E-state index in [9.17, 15) is 20.4 Å². The molecule has 164 valence electrons. The van der Waals surface area contributed by atoms with Gasteiger partial charge in [0.05, 0.1) is 24.4 Å². The number of hydrogen-bond donors (Lipinski definition) is 4. The summed E-state index contributed by atoms with van der Waals surface area (Å²) in [6.45, 7) is 4.24. The molecule has 2 aliphatic rings. The molecule has 0 amide bonds. The summed E-state index contributed by atoms with van der Waals surface area (Å²) in [6, 6.07) is 20.3. The molecule has 2 aromatic rings. The van der Waals surface area contributed by atoms with Crippen LogP contribution in [0.3, 0.4) is 0 Å². The average Bonchev–Trinajstić information content (AvgIpc) is 2.68. The highest BCUT2D eigenvalue weighted by atomic mass is 16.3. The summed E-state index contributed by atoms with van der Waals surface area (Å²) in [5, 5.41) is 38.1. The molecule has 4 N–H and O–H groups in total. The van der Waals surface area contributed by atoms with Crippen molar-refractivity contribution in [3.63, 3.8) is 0 Å². The molecule has 4 atom stereocenters. The minimum absolute atomic E-state index is 0.391. The smallest absolute Gasteiger partial charge is 0.0692 e. The van der Waals surface area contributed by atoms with Gasteiger partial charge in [0.2, 0.25) is 0 Å². The number of β-amino-alcohol motifs (C(OH)–C–C–N with tert-alkyl or cyclic N) is 4. The summed E-state index contributed by atoms with van der Waals surface area (Å²) >= 11 is 0. The van der Waals surface area contributed by atoms with Crippen LogP contribution in [0.4, 0.5) is 0 Å². The van der Waals surface area contributed by atoms with Gasteiger partial charge in [-0.15, -0.1) is 0 Å². The predicted molar refractivity (Wildman–Crippen MR) is 117 cm³/mol. The standard InChI is InChI=1S/2C12H17NO2/c2*14-11-6-12(15)9-13(8-11)7-10-4-2-1-3-5-10/h2*1-5,11-12,14-15H,6-9H2/t2*11-,12-/m10/s1. The van der Waals surface area contributed by atoms with Gasteiger partial charge in [-0.2, -0.15) is 0 Å². The molecule has 2 aromatic carbocycles. The Morgan fingerprint density at radius 3 is 1.13 bits per heavy atom. The van der Waals surface area contributed by atoms with E-state index in [1.807, 2.05) is 36.4 Å². The monoisotopic (exact) mass is 414 g/mol. The van der Waals surface area contributed by atoms with Crippen LogP contribution < -0.4 is 0 Å². The zero-order valence-corrected chi connectivity index (χ0v) is 17.4. The van der Waals surface area contributed by atoms with E-state index in [-0.39, 0.29) is 0 Å². The zero-order valence-electron chi connectivity index (χ0n) is 17.4. The summed E-state index contributed by atoms with van der Waals surface area (Å²) in [5.74, 6) is 0. The second-order valence-electron chi connectivity index (χ2n) is 8.45. The van der Waals surface area contributed by atoms with E-state index in [0.29, 0.717) is 39.0 Å². The van der Waals surface area contributed by atoms with E-state index in [4.69, 9.17) is 0 Å². The van der Waals surface area contributed by atoms with Gasteiger partial charge < -0.3 is 20.4 Å². The number of piperidine rings is 2. The van der Waals surface area contributed by atoms with Crippen LogP contribution in [0.2, 0.25) is 0 Å². The number of rotatable bonds is 4. The molecule has 0 saturated carbocycles. The van der Waals surface area contributed by atoms with Gasteiger partial charge in [-0.1, -0.05) is 60.7 Å². The molecule has 2 fully saturated rings. The van der Waals surface area contributed by atoms with Crippen molar-refractivity contribution in [2.24, 2.45) is 0 Å². The van der Waals surface area contributed by atoms with Crippen molar-refractivity contribution in [3.8, 4) is 0 Å². The van der Waals surface area contributed by atoms with Crippen LogP contribution in [-0.4, -0.2) is 80.8 Å². The average molecular weight is 415 g/mol. The lowest BCUT2D eigenvalue weighted by molar-refractivity contribution is -0.0115. The first-order chi connectivity index (χ1) is 14.5. The molecule has 0 aliphatic carbocycles. The van der Waals surface area contributed by atoms with Crippen LogP contribution in [0.15, 0.2) is 60.7 Å². The number of hydrogen-bond acceptors (Lipinski definition) is 6. The van der Waals surface area contributed by atoms with Crippen molar-refractivity contribution >= 4 is 0 Å². The Bertz CT molecular complexity index is 647. The molecule has 6 heteroatoms. The van der Waals surface area contributed by atoms with E-state index in [1.165, 1.54) is 11.1 Å². The van der Waals surface area contributed by atoms with Gasteiger partial charge >= 0.3 is 0 Å². The van der Waals surface area contributed by atoms with Gasteiger partial charge in [-0.05, 0) is 11.1 Å². The summed E-state index contributed by atoms with van der Waals surface area (Å²) in [5.41, 5.74) is 2.44. The maximum Gasteiger partial charge on any atom is 0.0692 e. The third-order valence-electron chi connectivity index (χ3n) is 5.46. The van der Waals surface area contributed by atoms with E-state index < -0.39 is 24.4 Å². The van der Waals surface area contributed by atoms with E-state index in [0.717, 1.165) is 13.1 Å². The maximum atomic E-state index is 9.53. The van der Waals surface area contributed by atoms with Crippen molar-refractivity contribution in [1.29, 1.82) is 0 Å². The lowest BCUT2D eigenvalue weighted by Crippen LogP contribution is -2.45. The fraction of sp³-hybridized carbons (Fsp3) is 0.500. The highest BCUT2D eigenvalue weighted by Gasteiger charge is 2.24. The summed E-state index contributed by atoms with van der Waals surface area (Å²) in [6.07, 6.45) is -0.554. The Morgan fingerprint density at radius 2 is 0.833 bits per heavy atom. The molecule has 0 bridgehead atoms. The molecular formula is C24H34N2O4. The number of aliphatic hydroxyl groups excluding tert-OH is 4. The Kier molecular flexibility index (Phi) is 8.81. The molecule has 0 spiro atoms. The second kappa shape index (κ2) is 11.6. The van der Waals surface area contributed by atoms with Crippen molar-refractivity contribution in [3.05, 3.63) is 71.8 Å². The minimum atomic E-state index is -0.391. The van der Waals surface area contributed by atoms with Gasteiger partial charge in [0, 0.05) is 52.1 Å². The van der Waals surface area contributed by atoms with Crippen LogP contribution in [0.25, 0.3) is 0 Å². The Balaban J connectivity index is 0.000000171. The van der Waals surface area contributed by atoms with Crippen LogP contribution in [0.5, 0.6) is 0 Å². The topological polar surface area (TPSA) is 87.4 Å². The van der Waals surface area contributed by atoms with Crippen molar-refractivity contribution in [2.75, 3.05) is 26.2 Å². The second-order valence-corrected chi connectivity index (χ2v) is 8.45. The number of benzene rings is 2. The first kappa shape index (κ1) is 22.9. The third kappa shape index (κ3) is 7.80. The Hall–Kier alpha value is -1.80. The first-order valence-corrected chi connectivity index (χ1v) is 10.7. The lowest BCUT2D eigenvalue weighted by atomic mass is 10.0. The van der Waals surface area contributed by atoms with Crippen LogP contribution in [-0.2, 0) is 13.1 Å². The Morgan fingerprint density at radius 1 is 0.533 bits per heavy atom. The van der Waals surface area contributed by atoms with E-state index >= 15 is 0 Å². The molecule has 0 aromatic heterocycles. The maximum absolute atomic E-state index is 9.53. The van der Waals surface area contributed by atoms with Crippen LogP contribution in [0.1, 0.15) is 24.0 Å². The van der Waals surface area contributed by atoms with Crippen molar-refractivity contribution in [2.45, 2.75) is 50.3 Å². The largest absolute Gasteiger partial charge is 0.392 e. The van der Waals surface area contributed by atoms with Gasteiger partial charge in [0.1, 0.15) is 0 Å². The Labute approximate surface area is 179 Å². The number of nitrogens with zero attached hydrogens (tertiary/aromatic N) is 2. The van der Waals surface area contributed by atoms with Gasteiger partial charge in [-0.25, -0.2) is 0 Å². The summed E-state index contributed by atoms with van der Waals surface area (Å²) in [7, 11) is 0. The molecule has 2 saturated heterocycles. The van der Waals surface area contributed by atoms with Crippen LogP contribution >= 0.6 is 0 Å². The first-order valence-electron chi connectivity index (χ1n) is 10.7. The predicted octanol–water partition coefficient (Wildman–Crippen LogP) is 1.23. The van der Waals surface area contributed by atoms with E-state index in [1.54, 1.807) is 0 Å². The lowest BCUT2D eigenvalue weighted by Gasteiger charge is -2.33. The summed E-state index contributed by atoms with van der Waals surface area (Å²) < 4.78 is 0. The van der Waals surface area contributed by atoms with Gasteiger partial charge in [-0.3, -0.25) is 9.80 Å². The fourth-order valence-electron chi connectivity index (χ4n) is 4.21. The highest BCUT2D eigenvalue weighted by Crippen LogP contribution is 2.15. The quantitative estimate of drug-likeness (QED) is 0.602. The normalized spacial score (nSPS) is 27.9. The minimum Gasteiger partial charge on any atom is -0.392 e. The zero-order chi connectivity index (χ0) is 21.3. The summed E-state index contributed by atoms with van der Waals surface area (Å²) in [4.78, 5) is 4.18. The molecule has 2 heterocycles. The molecular weight excluding hydrogens is 380 g/mol. The fourth-order valence-corrected chi connectivity index (χ4v) is 4.21. The molecule has 30 heavy (non-hydrogen) atoms. The number of likely N-dealkylation sites (tertiary alicyclic amines) is 2. The van der Waals surface area contributed by atoms with Gasteiger partial charge in [0.25, 0.3) is 0 Å². The molecule has 0 radical (unpaired) electrons. The van der Waals surface area contributed by atoms with Crippen molar-refractivity contribution in [1.82, 2.24) is 9.80 Å². The van der Waals surface area contributed by atoms with Crippen LogP contribution in [0, 0.1) is 0 Å². The molecule has 6 nitrogen and oxygen atoms in total. The molecule has 4 rings (SSSR count). The highest BCUT2D eigenvalue weighted by molar-refractivity contribution is 5.15. The van der Waals surface area contributed by atoms with Gasteiger partial charge in [0.15, 0.2) is 0 Å².